The zero-order valence-electron chi connectivity index (χ0n) is 14.9. The van der Waals surface area contributed by atoms with Gasteiger partial charge in [-0.1, -0.05) is 30.3 Å². The summed E-state index contributed by atoms with van der Waals surface area (Å²) in [5, 5.41) is 4.57. The minimum Gasteiger partial charge on any atom is -0.324 e. The van der Waals surface area contributed by atoms with Gasteiger partial charge in [0.15, 0.2) is 0 Å². The van der Waals surface area contributed by atoms with E-state index in [1.807, 2.05) is 18.2 Å². The molecule has 138 valence electrons. The van der Waals surface area contributed by atoms with Crippen molar-refractivity contribution >= 4 is 45.3 Å². The van der Waals surface area contributed by atoms with Crippen molar-refractivity contribution in [1.82, 2.24) is 20.2 Å². The predicted octanol–water partition coefficient (Wildman–Crippen LogP) is 3.78. The van der Waals surface area contributed by atoms with Crippen LogP contribution in [0.2, 0.25) is 0 Å². The van der Waals surface area contributed by atoms with Crippen molar-refractivity contribution in [3.05, 3.63) is 42.7 Å². The standard InChI is InChI=1S/C19H18N4O2S2/c1-19(2)17(24)23(18(25)22-19)8-9-26-15-13-10-14(12-6-4-3-5-7-12)27-16(13)21-11-20-15/h3-7,10-11H,8-9H2,1-2H3,(H,22,25). The van der Waals surface area contributed by atoms with Gasteiger partial charge in [0.05, 0.1) is 0 Å². The normalized spacial score (nSPS) is 16.1. The average molecular weight is 399 g/mol. The van der Waals surface area contributed by atoms with Crippen LogP contribution < -0.4 is 5.32 Å². The molecular weight excluding hydrogens is 380 g/mol. The fourth-order valence-corrected chi connectivity index (χ4v) is 4.92. The molecule has 0 atom stereocenters. The number of thioether (sulfide) groups is 1. The van der Waals surface area contributed by atoms with E-state index in [1.165, 1.54) is 16.7 Å². The van der Waals surface area contributed by atoms with Crippen LogP contribution in [-0.2, 0) is 4.79 Å². The van der Waals surface area contributed by atoms with E-state index in [2.05, 4.69) is 33.5 Å². The highest BCUT2D eigenvalue weighted by Gasteiger charge is 2.43. The third-order valence-electron chi connectivity index (χ3n) is 4.35. The maximum absolute atomic E-state index is 12.3. The van der Waals surface area contributed by atoms with Crippen LogP contribution in [0.25, 0.3) is 20.7 Å². The number of aromatic nitrogens is 2. The van der Waals surface area contributed by atoms with Crippen LogP contribution in [0.4, 0.5) is 4.79 Å². The van der Waals surface area contributed by atoms with Crippen LogP contribution in [0.15, 0.2) is 47.8 Å². The van der Waals surface area contributed by atoms with E-state index in [-0.39, 0.29) is 11.9 Å². The molecule has 1 aliphatic heterocycles. The molecule has 1 fully saturated rings. The number of thiophene rings is 1. The number of imide groups is 1. The summed E-state index contributed by atoms with van der Waals surface area (Å²) in [6.07, 6.45) is 1.56. The lowest BCUT2D eigenvalue weighted by Crippen LogP contribution is -2.40. The quantitative estimate of drug-likeness (QED) is 0.402. The second-order valence-corrected chi connectivity index (χ2v) is 8.85. The van der Waals surface area contributed by atoms with Crippen molar-refractivity contribution in [2.24, 2.45) is 0 Å². The van der Waals surface area contributed by atoms with E-state index in [9.17, 15) is 9.59 Å². The molecular formula is C19H18N4O2S2. The van der Waals surface area contributed by atoms with Gasteiger partial charge in [-0.25, -0.2) is 14.8 Å². The summed E-state index contributed by atoms with van der Waals surface area (Å²) in [5.41, 5.74) is 0.319. The van der Waals surface area contributed by atoms with Crippen molar-refractivity contribution in [1.29, 1.82) is 0 Å². The fourth-order valence-electron chi connectivity index (χ4n) is 2.95. The molecule has 0 bridgehead atoms. The summed E-state index contributed by atoms with van der Waals surface area (Å²) in [4.78, 5) is 36.4. The number of amides is 3. The minimum absolute atomic E-state index is 0.192. The van der Waals surface area contributed by atoms with E-state index in [4.69, 9.17) is 0 Å². The molecule has 4 rings (SSSR count). The number of hydrogen-bond donors (Lipinski definition) is 1. The summed E-state index contributed by atoms with van der Waals surface area (Å²) in [6.45, 7) is 3.77. The third-order valence-corrected chi connectivity index (χ3v) is 6.43. The van der Waals surface area contributed by atoms with Crippen molar-refractivity contribution < 1.29 is 9.59 Å². The SMILES string of the molecule is CC1(C)NC(=O)N(CCSc2ncnc3sc(-c4ccccc4)cc23)C1=O. The van der Waals surface area contributed by atoms with E-state index in [0.29, 0.717) is 12.3 Å². The Balaban J connectivity index is 1.51. The second kappa shape index (κ2) is 6.94. The van der Waals surface area contributed by atoms with Gasteiger partial charge < -0.3 is 5.32 Å². The van der Waals surface area contributed by atoms with E-state index >= 15 is 0 Å². The molecule has 0 radical (unpaired) electrons. The minimum atomic E-state index is -0.831. The van der Waals surface area contributed by atoms with E-state index < -0.39 is 5.54 Å². The molecule has 27 heavy (non-hydrogen) atoms. The number of carbonyl (C=O) groups excluding carboxylic acids is 2. The molecule has 0 saturated carbocycles. The Morgan fingerprint density at radius 1 is 1.19 bits per heavy atom. The highest BCUT2D eigenvalue weighted by molar-refractivity contribution is 7.99. The molecule has 1 aliphatic rings. The number of hydrogen-bond acceptors (Lipinski definition) is 6. The predicted molar refractivity (Wildman–Crippen MR) is 108 cm³/mol. The lowest BCUT2D eigenvalue weighted by molar-refractivity contribution is -0.130. The number of fused-ring (bicyclic) bond motifs is 1. The number of nitrogens with one attached hydrogen (secondary N) is 1. The first-order chi connectivity index (χ1) is 13.0. The summed E-state index contributed by atoms with van der Waals surface area (Å²) in [5.74, 6) is 0.389. The van der Waals surface area contributed by atoms with Gasteiger partial charge in [0.25, 0.3) is 5.91 Å². The van der Waals surface area contributed by atoms with E-state index in [0.717, 1.165) is 25.7 Å². The highest BCUT2D eigenvalue weighted by Crippen LogP contribution is 2.36. The zero-order valence-corrected chi connectivity index (χ0v) is 16.6. The molecule has 6 nitrogen and oxygen atoms in total. The van der Waals surface area contributed by atoms with Crippen LogP contribution in [0.3, 0.4) is 0 Å². The van der Waals surface area contributed by atoms with Crippen molar-refractivity contribution in [3.8, 4) is 10.4 Å². The first kappa shape index (κ1) is 17.9. The van der Waals surface area contributed by atoms with Gasteiger partial charge in [0.2, 0.25) is 0 Å². The van der Waals surface area contributed by atoms with Gasteiger partial charge in [0, 0.05) is 22.6 Å². The summed E-state index contributed by atoms with van der Waals surface area (Å²) < 4.78 is 0. The molecule has 1 aromatic carbocycles. The van der Waals surface area contributed by atoms with Crippen LogP contribution in [-0.4, -0.2) is 44.6 Å². The summed E-state index contributed by atoms with van der Waals surface area (Å²) in [6, 6.07) is 11.9. The van der Waals surface area contributed by atoms with Gasteiger partial charge in [0.1, 0.15) is 21.7 Å². The van der Waals surface area contributed by atoms with Gasteiger partial charge in [-0.3, -0.25) is 9.69 Å². The molecule has 0 unspecified atom stereocenters. The van der Waals surface area contributed by atoms with Gasteiger partial charge >= 0.3 is 6.03 Å². The highest BCUT2D eigenvalue weighted by atomic mass is 32.2. The molecule has 2 aromatic heterocycles. The van der Waals surface area contributed by atoms with Crippen molar-refractivity contribution in [2.45, 2.75) is 24.4 Å². The second-order valence-electron chi connectivity index (χ2n) is 6.73. The third kappa shape index (κ3) is 3.42. The molecule has 3 heterocycles. The lowest BCUT2D eigenvalue weighted by Gasteiger charge is -2.15. The van der Waals surface area contributed by atoms with Crippen LogP contribution in [0.5, 0.6) is 0 Å². The summed E-state index contributed by atoms with van der Waals surface area (Å²) in [7, 11) is 0. The fraction of sp³-hybridized carbons (Fsp3) is 0.263. The van der Waals surface area contributed by atoms with Crippen molar-refractivity contribution in [3.63, 3.8) is 0 Å². The Labute approximate surface area is 165 Å². The Kier molecular flexibility index (Phi) is 4.61. The molecule has 3 amide bonds. The Morgan fingerprint density at radius 2 is 1.96 bits per heavy atom. The zero-order chi connectivity index (χ0) is 19.0. The average Bonchev–Trinajstić information content (AvgIpc) is 3.17. The first-order valence-corrected chi connectivity index (χ1v) is 10.3. The largest absolute Gasteiger partial charge is 0.325 e. The molecule has 3 aromatic rings. The van der Waals surface area contributed by atoms with E-state index in [1.54, 1.807) is 31.5 Å². The number of urea groups is 1. The number of nitrogens with zero attached hydrogens (tertiary/aromatic N) is 3. The van der Waals surface area contributed by atoms with Gasteiger partial charge in [-0.15, -0.1) is 23.1 Å². The monoisotopic (exact) mass is 398 g/mol. The van der Waals surface area contributed by atoms with Crippen molar-refractivity contribution in [2.75, 3.05) is 12.3 Å². The number of benzene rings is 1. The maximum atomic E-state index is 12.3. The van der Waals surface area contributed by atoms with Crippen LogP contribution in [0.1, 0.15) is 13.8 Å². The Morgan fingerprint density at radius 3 is 2.67 bits per heavy atom. The smallest absolute Gasteiger partial charge is 0.324 e. The lowest BCUT2D eigenvalue weighted by atomic mass is 10.1. The number of rotatable bonds is 5. The summed E-state index contributed by atoms with van der Waals surface area (Å²) >= 11 is 3.16. The topological polar surface area (TPSA) is 75.2 Å². The van der Waals surface area contributed by atoms with Crippen LogP contribution >= 0.6 is 23.1 Å². The molecule has 1 saturated heterocycles. The molecule has 1 N–H and O–H groups in total. The Bertz CT molecular complexity index is 1020. The molecule has 0 aliphatic carbocycles. The molecule has 8 heteroatoms. The maximum Gasteiger partial charge on any atom is 0.325 e. The number of carbonyl (C=O) groups is 2. The first-order valence-electron chi connectivity index (χ1n) is 8.52. The van der Waals surface area contributed by atoms with Gasteiger partial charge in [-0.2, -0.15) is 0 Å². The molecule has 0 spiro atoms. The Hall–Kier alpha value is -2.45. The van der Waals surface area contributed by atoms with Gasteiger partial charge in [-0.05, 0) is 25.5 Å². The van der Waals surface area contributed by atoms with Crippen LogP contribution in [0, 0.1) is 0 Å².